The summed E-state index contributed by atoms with van der Waals surface area (Å²) in [6, 6.07) is 7.77. The monoisotopic (exact) mass is 375 g/mol. The molecule has 1 aliphatic rings. The summed E-state index contributed by atoms with van der Waals surface area (Å²) < 4.78 is 6.97. The third-order valence-corrected chi connectivity index (χ3v) is 6.06. The van der Waals surface area contributed by atoms with Crippen molar-refractivity contribution in [3.8, 4) is 11.4 Å². The van der Waals surface area contributed by atoms with Gasteiger partial charge in [-0.3, -0.25) is 4.79 Å². The third kappa shape index (κ3) is 4.17. The predicted octanol–water partition coefficient (Wildman–Crippen LogP) is 2.70. The van der Waals surface area contributed by atoms with Crippen LogP contribution in [0.4, 0.5) is 0 Å². The van der Waals surface area contributed by atoms with Crippen LogP contribution in [0.2, 0.25) is 0 Å². The van der Waals surface area contributed by atoms with Gasteiger partial charge < -0.3 is 10.1 Å². The van der Waals surface area contributed by atoms with E-state index in [1.165, 1.54) is 24.6 Å². The Balaban J connectivity index is 1.62. The molecule has 3 atom stereocenters. The van der Waals surface area contributed by atoms with Gasteiger partial charge in [-0.15, -0.1) is 5.10 Å². The number of nitrogens with one attached hydrogen (secondary N) is 1. The number of rotatable bonds is 6. The fraction of sp³-hybridized carbons (Fsp3) is 0.556. The van der Waals surface area contributed by atoms with Gasteiger partial charge in [0.25, 0.3) is 0 Å². The van der Waals surface area contributed by atoms with Crippen LogP contribution in [0.5, 0.6) is 5.75 Å². The van der Waals surface area contributed by atoms with E-state index in [9.17, 15) is 4.79 Å². The van der Waals surface area contributed by atoms with Crippen LogP contribution in [-0.4, -0.2) is 45.0 Å². The van der Waals surface area contributed by atoms with E-state index in [0.29, 0.717) is 22.7 Å². The number of tetrazole rings is 1. The van der Waals surface area contributed by atoms with Crippen LogP contribution >= 0.6 is 11.8 Å². The summed E-state index contributed by atoms with van der Waals surface area (Å²) >= 11 is 1.33. The number of thioether (sulfide) groups is 1. The van der Waals surface area contributed by atoms with E-state index < -0.39 is 0 Å². The molecule has 1 aliphatic carbocycles. The van der Waals surface area contributed by atoms with E-state index in [1.807, 2.05) is 24.3 Å². The summed E-state index contributed by atoms with van der Waals surface area (Å²) in [5, 5.41) is 15.6. The Bertz CT molecular complexity index is 751. The molecule has 8 heteroatoms. The van der Waals surface area contributed by atoms with Gasteiger partial charge in [0.2, 0.25) is 11.1 Å². The maximum Gasteiger partial charge on any atom is 0.230 e. The van der Waals surface area contributed by atoms with Gasteiger partial charge in [-0.25, -0.2) is 0 Å². The Morgan fingerprint density at radius 1 is 1.35 bits per heavy atom. The zero-order chi connectivity index (χ0) is 18.5. The Morgan fingerprint density at radius 3 is 2.96 bits per heavy atom. The molecule has 1 saturated carbocycles. The van der Waals surface area contributed by atoms with Crippen molar-refractivity contribution in [2.75, 3.05) is 12.9 Å². The smallest absolute Gasteiger partial charge is 0.230 e. The van der Waals surface area contributed by atoms with Crippen LogP contribution < -0.4 is 10.1 Å². The number of amides is 1. The minimum absolute atomic E-state index is 0.0236. The average molecular weight is 375 g/mol. The highest BCUT2D eigenvalue weighted by atomic mass is 32.2. The first-order valence-electron chi connectivity index (χ1n) is 8.94. The summed E-state index contributed by atoms with van der Waals surface area (Å²) in [5.74, 6) is 2.15. The van der Waals surface area contributed by atoms with E-state index in [1.54, 1.807) is 11.8 Å². The Morgan fingerprint density at radius 2 is 2.15 bits per heavy atom. The molecule has 0 saturated heterocycles. The maximum absolute atomic E-state index is 12.4. The number of carbonyl (C=O) groups excluding carboxylic acids is 1. The summed E-state index contributed by atoms with van der Waals surface area (Å²) in [7, 11) is 1.61. The number of nitrogens with zero attached hydrogens (tertiary/aromatic N) is 4. The molecule has 1 amide bonds. The molecule has 1 N–H and O–H groups in total. The number of para-hydroxylation sites is 2. The molecule has 7 nitrogen and oxygen atoms in total. The highest BCUT2D eigenvalue weighted by Crippen LogP contribution is 2.30. The van der Waals surface area contributed by atoms with Gasteiger partial charge in [-0.1, -0.05) is 50.6 Å². The van der Waals surface area contributed by atoms with Gasteiger partial charge in [-0.2, -0.15) is 4.68 Å². The maximum atomic E-state index is 12.4. The van der Waals surface area contributed by atoms with Crippen molar-refractivity contribution in [2.24, 2.45) is 11.8 Å². The molecule has 1 heterocycles. The topological polar surface area (TPSA) is 81.9 Å². The molecule has 1 fully saturated rings. The molecular formula is C18H25N5O2S. The van der Waals surface area contributed by atoms with Crippen LogP contribution in [-0.2, 0) is 4.79 Å². The van der Waals surface area contributed by atoms with E-state index in [0.717, 1.165) is 12.1 Å². The number of ether oxygens (including phenoxy) is 1. The molecule has 0 spiro atoms. The normalized spacial score (nSPS) is 22.8. The molecule has 0 bridgehead atoms. The molecule has 3 unspecified atom stereocenters. The number of hydrogen-bond acceptors (Lipinski definition) is 6. The van der Waals surface area contributed by atoms with Crippen molar-refractivity contribution in [3.63, 3.8) is 0 Å². The predicted molar refractivity (Wildman–Crippen MR) is 101 cm³/mol. The first-order valence-corrected chi connectivity index (χ1v) is 9.92. The van der Waals surface area contributed by atoms with Crippen LogP contribution in [0.25, 0.3) is 5.69 Å². The fourth-order valence-electron chi connectivity index (χ4n) is 3.39. The van der Waals surface area contributed by atoms with Crippen molar-refractivity contribution in [3.05, 3.63) is 24.3 Å². The molecule has 3 rings (SSSR count). The molecule has 0 radical (unpaired) electrons. The molecule has 1 aromatic heterocycles. The van der Waals surface area contributed by atoms with Crippen LogP contribution in [0, 0.1) is 11.8 Å². The minimum Gasteiger partial charge on any atom is -0.494 e. The van der Waals surface area contributed by atoms with E-state index in [-0.39, 0.29) is 17.7 Å². The highest BCUT2D eigenvalue weighted by molar-refractivity contribution is 7.99. The Kier molecular flexibility index (Phi) is 6.13. The van der Waals surface area contributed by atoms with Gasteiger partial charge in [-0.05, 0) is 40.8 Å². The highest BCUT2D eigenvalue weighted by Gasteiger charge is 2.28. The van der Waals surface area contributed by atoms with Gasteiger partial charge in [0.15, 0.2) is 0 Å². The molecular weight excluding hydrogens is 350 g/mol. The van der Waals surface area contributed by atoms with Crippen molar-refractivity contribution >= 4 is 17.7 Å². The number of methoxy groups -OCH3 is 1. The standard InChI is InChI=1S/C18H25N5O2S/c1-12-7-6-8-14(13(12)2)19-17(24)11-26-18-20-21-22-23(18)15-9-4-5-10-16(15)25-3/h4-5,9-10,12-14H,6-8,11H2,1-3H3,(H,19,24). The van der Waals surface area contributed by atoms with Crippen molar-refractivity contribution in [1.29, 1.82) is 0 Å². The SMILES string of the molecule is COc1ccccc1-n1nnnc1SCC(=O)NC1CCCC(C)C1C. The molecule has 26 heavy (non-hydrogen) atoms. The third-order valence-electron chi connectivity index (χ3n) is 5.14. The lowest BCUT2D eigenvalue weighted by molar-refractivity contribution is -0.120. The van der Waals surface area contributed by atoms with Crippen LogP contribution in [0.15, 0.2) is 29.4 Å². The second-order valence-electron chi connectivity index (χ2n) is 6.78. The number of hydrogen-bond donors (Lipinski definition) is 1. The van der Waals surface area contributed by atoms with Gasteiger partial charge in [0.05, 0.1) is 12.9 Å². The van der Waals surface area contributed by atoms with Crippen molar-refractivity contribution in [2.45, 2.75) is 44.3 Å². The van der Waals surface area contributed by atoms with Crippen LogP contribution in [0.3, 0.4) is 0 Å². The number of benzene rings is 1. The Labute approximate surface area is 157 Å². The Hall–Kier alpha value is -2.09. The van der Waals surface area contributed by atoms with Crippen molar-refractivity contribution in [1.82, 2.24) is 25.5 Å². The summed E-state index contributed by atoms with van der Waals surface area (Å²) in [6.45, 7) is 4.49. The lowest BCUT2D eigenvalue weighted by Crippen LogP contribution is -2.44. The molecule has 0 aliphatic heterocycles. The van der Waals surface area contributed by atoms with Gasteiger partial charge in [0.1, 0.15) is 11.4 Å². The van der Waals surface area contributed by atoms with Crippen LogP contribution in [0.1, 0.15) is 33.1 Å². The van der Waals surface area contributed by atoms with E-state index in [4.69, 9.17) is 4.74 Å². The summed E-state index contributed by atoms with van der Waals surface area (Å²) in [6.07, 6.45) is 3.48. The average Bonchev–Trinajstić information content (AvgIpc) is 3.12. The molecule has 140 valence electrons. The summed E-state index contributed by atoms with van der Waals surface area (Å²) in [4.78, 5) is 12.4. The lowest BCUT2D eigenvalue weighted by Gasteiger charge is -2.34. The second kappa shape index (κ2) is 8.53. The largest absolute Gasteiger partial charge is 0.494 e. The first kappa shape index (κ1) is 18.7. The quantitative estimate of drug-likeness (QED) is 0.782. The fourth-order valence-corrected chi connectivity index (χ4v) is 4.08. The zero-order valence-corrected chi connectivity index (χ0v) is 16.2. The zero-order valence-electron chi connectivity index (χ0n) is 15.4. The van der Waals surface area contributed by atoms with Gasteiger partial charge in [0, 0.05) is 6.04 Å². The number of carbonyl (C=O) groups is 1. The van der Waals surface area contributed by atoms with E-state index in [2.05, 4.69) is 34.7 Å². The second-order valence-corrected chi connectivity index (χ2v) is 7.72. The first-order chi connectivity index (χ1) is 12.6. The van der Waals surface area contributed by atoms with Crippen molar-refractivity contribution < 1.29 is 9.53 Å². The molecule has 2 aromatic rings. The minimum atomic E-state index is 0.0236. The molecule has 1 aromatic carbocycles. The lowest BCUT2D eigenvalue weighted by atomic mass is 9.78. The summed E-state index contributed by atoms with van der Waals surface area (Å²) in [5.41, 5.74) is 0.748. The number of aromatic nitrogens is 4. The van der Waals surface area contributed by atoms with Gasteiger partial charge >= 0.3 is 0 Å². The van der Waals surface area contributed by atoms with E-state index >= 15 is 0 Å².